The fourth-order valence-corrected chi connectivity index (χ4v) is 4.90. The summed E-state index contributed by atoms with van der Waals surface area (Å²) in [5.41, 5.74) is 5.02. The van der Waals surface area contributed by atoms with Crippen LogP contribution in [-0.4, -0.2) is 17.2 Å². The lowest BCUT2D eigenvalue weighted by Gasteiger charge is -2.22. The molecule has 2 rings (SSSR count). The van der Waals surface area contributed by atoms with E-state index in [0.717, 1.165) is 39.5 Å². The summed E-state index contributed by atoms with van der Waals surface area (Å²) in [6.07, 6.45) is 14.3. The molecule has 0 bridgehead atoms. The summed E-state index contributed by atoms with van der Waals surface area (Å²) in [6, 6.07) is 10.3. The number of benzene rings is 2. The second kappa shape index (κ2) is 15.0. The first-order valence-electron chi connectivity index (χ1n) is 13.1. The number of aromatic hydroxyl groups is 1. The highest BCUT2D eigenvalue weighted by Gasteiger charge is 2.19. The number of anilines is 1. The number of nitrogens with one attached hydrogen (secondary N) is 1. The van der Waals surface area contributed by atoms with Crippen LogP contribution in [0.5, 0.6) is 11.5 Å². The zero-order chi connectivity index (χ0) is 24.9. The molecule has 3 nitrogen and oxygen atoms in total. The average molecular weight is 484 g/mol. The zero-order valence-electron chi connectivity index (χ0n) is 22.0. The molecule has 0 amide bonds. The molecular weight excluding hydrogens is 438 g/mol. The number of rotatable bonds is 15. The van der Waals surface area contributed by atoms with Crippen molar-refractivity contribution in [1.82, 2.24) is 0 Å². The lowest BCUT2D eigenvalue weighted by atomic mass is 9.92. The number of methoxy groups -OCH3 is 1. The van der Waals surface area contributed by atoms with E-state index in [4.69, 9.17) is 17.0 Å². The van der Waals surface area contributed by atoms with Crippen molar-refractivity contribution in [3.8, 4) is 11.5 Å². The first-order valence-corrected chi connectivity index (χ1v) is 13.5. The van der Waals surface area contributed by atoms with Gasteiger partial charge in [-0.05, 0) is 67.6 Å². The number of aryl methyl sites for hydroxylation is 1. The van der Waals surface area contributed by atoms with E-state index in [2.05, 4.69) is 24.4 Å². The third-order valence-corrected chi connectivity index (χ3v) is 7.38. The van der Waals surface area contributed by atoms with Crippen molar-refractivity contribution >= 4 is 22.9 Å². The molecule has 0 fully saturated rings. The molecule has 4 heteroatoms. The monoisotopic (exact) mass is 483 g/mol. The summed E-state index contributed by atoms with van der Waals surface area (Å²) < 4.78 is 5.35. The van der Waals surface area contributed by atoms with Gasteiger partial charge in [-0.25, -0.2) is 0 Å². The largest absolute Gasteiger partial charge is 0.507 e. The van der Waals surface area contributed by atoms with Gasteiger partial charge in [0.15, 0.2) is 0 Å². The Morgan fingerprint density at radius 1 is 0.882 bits per heavy atom. The summed E-state index contributed by atoms with van der Waals surface area (Å²) in [5.74, 6) is 1.38. The van der Waals surface area contributed by atoms with E-state index < -0.39 is 0 Å². The van der Waals surface area contributed by atoms with Gasteiger partial charge in [-0.1, -0.05) is 95.5 Å². The number of hydrogen-bond acceptors (Lipinski definition) is 3. The van der Waals surface area contributed by atoms with Crippen molar-refractivity contribution in [2.75, 3.05) is 12.4 Å². The molecule has 0 aromatic heterocycles. The molecule has 1 atom stereocenters. The van der Waals surface area contributed by atoms with Crippen molar-refractivity contribution in [3.63, 3.8) is 0 Å². The molecule has 0 aliphatic heterocycles. The lowest BCUT2D eigenvalue weighted by molar-refractivity contribution is 0.414. The zero-order valence-corrected chi connectivity index (χ0v) is 22.8. The van der Waals surface area contributed by atoms with Gasteiger partial charge in [0.2, 0.25) is 0 Å². The van der Waals surface area contributed by atoms with E-state index in [1.807, 2.05) is 39.0 Å². The van der Waals surface area contributed by atoms with Crippen molar-refractivity contribution < 1.29 is 9.84 Å². The summed E-state index contributed by atoms with van der Waals surface area (Å²) in [7, 11) is 1.70. The van der Waals surface area contributed by atoms with Crippen LogP contribution in [0.15, 0.2) is 30.3 Å². The summed E-state index contributed by atoms with van der Waals surface area (Å²) in [5, 5.41) is 13.8. The molecule has 188 valence electrons. The number of phenols is 1. The maximum Gasteiger partial charge on any atom is 0.121 e. The molecule has 0 spiro atoms. The molecule has 0 heterocycles. The van der Waals surface area contributed by atoms with E-state index in [1.165, 1.54) is 69.8 Å². The molecule has 0 saturated heterocycles. The van der Waals surface area contributed by atoms with Gasteiger partial charge in [0.25, 0.3) is 0 Å². The average Bonchev–Trinajstić information content (AvgIpc) is 2.84. The predicted molar refractivity (Wildman–Crippen MR) is 151 cm³/mol. The Labute approximate surface area is 213 Å². The fraction of sp³-hybridized carbons (Fsp3) is 0.567. The van der Waals surface area contributed by atoms with E-state index in [-0.39, 0.29) is 5.92 Å². The van der Waals surface area contributed by atoms with Crippen molar-refractivity contribution in [2.45, 2.75) is 104 Å². The Morgan fingerprint density at radius 2 is 1.44 bits per heavy atom. The van der Waals surface area contributed by atoms with Crippen molar-refractivity contribution in [2.24, 2.45) is 0 Å². The van der Waals surface area contributed by atoms with Crippen LogP contribution in [0.25, 0.3) is 0 Å². The fourth-order valence-electron chi connectivity index (χ4n) is 4.54. The highest BCUT2D eigenvalue weighted by atomic mass is 32.1. The second-order valence-corrected chi connectivity index (χ2v) is 10.1. The Hall–Kier alpha value is -2.07. The standard InChI is InChI=1S/C30H45NO2S/c1-6-7-8-9-10-11-12-13-14-15-16-27(25-17-19-26(33-5)20-18-25)30(34)31-28-21-22(2)29(32)24(4)23(28)3/h17-21,27,32H,6-16H2,1-5H3,(H,31,34). The molecule has 34 heavy (non-hydrogen) atoms. The van der Waals surface area contributed by atoms with Gasteiger partial charge in [0.1, 0.15) is 11.5 Å². The molecule has 2 aromatic carbocycles. The summed E-state index contributed by atoms with van der Waals surface area (Å²) in [4.78, 5) is 0.841. The molecule has 1 unspecified atom stereocenters. The first-order chi connectivity index (χ1) is 16.4. The SMILES string of the molecule is CCCCCCCCCCCCC(C(=S)Nc1cc(C)c(O)c(C)c1C)c1ccc(OC)cc1. The second-order valence-electron chi connectivity index (χ2n) is 9.63. The van der Waals surface area contributed by atoms with Crippen LogP contribution in [-0.2, 0) is 0 Å². The molecule has 0 aliphatic carbocycles. The number of unbranched alkanes of at least 4 members (excludes halogenated alkanes) is 9. The van der Waals surface area contributed by atoms with Crippen LogP contribution in [0.4, 0.5) is 5.69 Å². The molecular formula is C30H45NO2S. The quantitative estimate of drug-likeness (QED) is 0.150. The van der Waals surface area contributed by atoms with Gasteiger partial charge in [-0.15, -0.1) is 0 Å². The number of ether oxygens (including phenoxy) is 1. The third-order valence-electron chi connectivity index (χ3n) is 6.99. The van der Waals surface area contributed by atoms with Crippen LogP contribution in [0, 0.1) is 20.8 Å². The Balaban J connectivity index is 1.98. The highest BCUT2D eigenvalue weighted by molar-refractivity contribution is 7.80. The topological polar surface area (TPSA) is 41.5 Å². The Bertz CT molecular complexity index is 892. The van der Waals surface area contributed by atoms with Gasteiger partial charge in [0.05, 0.1) is 12.1 Å². The van der Waals surface area contributed by atoms with Gasteiger partial charge in [-0.3, -0.25) is 0 Å². The minimum Gasteiger partial charge on any atom is -0.507 e. The van der Waals surface area contributed by atoms with Crippen LogP contribution in [0.3, 0.4) is 0 Å². The predicted octanol–water partition coefficient (Wildman–Crippen LogP) is 9.16. The van der Waals surface area contributed by atoms with E-state index in [9.17, 15) is 5.11 Å². The first kappa shape index (κ1) is 28.2. The lowest BCUT2D eigenvalue weighted by Crippen LogP contribution is -2.20. The third kappa shape index (κ3) is 8.61. The van der Waals surface area contributed by atoms with Crippen molar-refractivity contribution in [3.05, 3.63) is 52.6 Å². The Kier molecular flexibility index (Phi) is 12.5. The van der Waals surface area contributed by atoms with E-state index >= 15 is 0 Å². The minimum absolute atomic E-state index is 0.156. The normalized spacial score (nSPS) is 11.9. The summed E-state index contributed by atoms with van der Waals surface area (Å²) in [6.45, 7) is 8.19. The number of hydrogen-bond donors (Lipinski definition) is 2. The van der Waals surface area contributed by atoms with Crippen LogP contribution in [0.2, 0.25) is 0 Å². The molecule has 0 radical (unpaired) electrons. The highest BCUT2D eigenvalue weighted by Crippen LogP contribution is 2.33. The molecule has 0 aliphatic rings. The minimum atomic E-state index is 0.156. The smallest absolute Gasteiger partial charge is 0.121 e. The van der Waals surface area contributed by atoms with Gasteiger partial charge in [0, 0.05) is 11.6 Å². The van der Waals surface area contributed by atoms with Crippen molar-refractivity contribution in [1.29, 1.82) is 0 Å². The molecule has 2 N–H and O–H groups in total. The molecule has 0 saturated carbocycles. The number of thiocarbonyl (C=S) groups is 1. The maximum absolute atomic E-state index is 10.3. The van der Waals surface area contributed by atoms with Gasteiger partial charge in [-0.2, -0.15) is 0 Å². The van der Waals surface area contributed by atoms with E-state index in [0.29, 0.717) is 5.75 Å². The molecule has 2 aromatic rings. The van der Waals surface area contributed by atoms with Gasteiger partial charge >= 0.3 is 0 Å². The van der Waals surface area contributed by atoms with Crippen LogP contribution >= 0.6 is 12.2 Å². The maximum atomic E-state index is 10.3. The Morgan fingerprint density at radius 3 is 2.00 bits per heavy atom. The van der Waals surface area contributed by atoms with Gasteiger partial charge < -0.3 is 15.2 Å². The van der Waals surface area contributed by atoms with Crippen LogP contribution in [0.1, 0.15) is 106 Å². The number of phenolic OH excluding ortho intramolecular Hbond substituents is 1. The van der Waals surface area contributed by atoms with Crippen LogP contribution < -0.4 is 10.1 Å². The van der Waals surface area contributed by atoms with E-state index in [1.54, 1.807) is 7.11 Å². The summed E-state index contributed by atoms with van der Waals surface area (Å²) >= 11 is 5.94.